The molecule has 0 saturated carbocycles. The van der Waals surface area contributed by atoms with E-state index in [2.05, 4.69) is 89.5 Å². The summed E-state index contributed by atoms with van der Waals surface area (Å²) < 4.78 is 8.42. The van der Waals surface area contributed by atoms with Gasteiger partial charge < -0.3 is 4.74 Å². The molecular weight excluding hydrogens is 440 g/mol. The van der Waals surface area contributed by atoms with Gasteiger partial charge in [-0.2, -0.15) is 0 Å². The van der Waals surface area contributed by atoms with Crippen molar-refractivity contribution in [3.05, 3.63) is 121 Å². The molecule has 36 heavy (non-hydrogen) atoms. The molecule has 0 amide bonds. The number of para-hydroxylation sites is 3. The minimum Gasteiger partial charge on any atom is -0.453 e. The second-order valence-electron chi connectivity index (χ2n) is 9.30. The van der Waals surface area contributed by atoms with Gasteiger partial charge in [0.25, 0.3) is 0 Å². The lowest BCUT2D eigenvalue weighted by molar-refractivity contribution is 0.476. The van der Waals surface area contributed by atoms with E-state index in [0.29, 0.717) is 0 Å². The molecule has 0 unspecified atom stereocenters. The van der Waals surface area contributed by atoms with Crippen LogP contribution >= 0.6 is 0 Å². The summed E-state index contributed by atoms with van der Waals surface area (Å²) in [5, 5.41) is 4.92. The van der Waals surface area contributed by atoms with Crippen LogP contribution in [0, 0.1) is 0 Å². The lowest BCUT2D eigenvalue weighted by atomic mass is 9.98. The van der Waals surface area contributed by atoms with Crippen molar-refractivity contribution in [3.8, 4) is 39.7 Å². The zero-order valence-corrected chi connectivity index (χ0v) is 19.3. The molecule has 0 radical (unpaired) electrons. The van der Waals surface area contributed by atoms with Gasteiger partial charge >= 0.3 is 0 Å². The fraction of sp³-hybridized carbons (Fsp3) is 0. The number of imidazole rings is 1. The van der Waals surface area contributed by atoms with Crippen LogP contribution in [0.5, 0.6) is 11.5 Å². The summed E-state index contributed by atoms with van der Waals surface area (Å²) in [5.41, 5.74) is 6.49. The van der Waals surface area contributed by atoms with E-state index in [1.807, 2.05) is 36.4 Å². The number of nitrogens with zero attached hydrogens (tertiary/aromatic N) is 2. The van der Waals surface area contributed by atoms with Gasteiger partial charge in [-0.15, -0.1) is 0 Å². The van der Waals surface area contributed by atoms with Gasteiger partial charge in [-0.25, -0.2) is 4.98 Å². The predicted octanol–water partition coefficient (Wildman–Crippen LogP) is 8.77. The first-order valence-electron chi connectivity index (χ1n) is 12.1. The monoisotopic (exact) mass is 460 g/mol. The van der Waals surface area contributed by atoms with Crippen LogP contribution in [0.2, 0.25) is 0 Å². The van der Waals surface area contributed by atoms with Gasteiger partial charge in [-0.3, -0.25) is 4.57 Å². The minimum absolute atomic E-state index is 0.839. The van der Waals surface area contributed by atoms with Crippen LogP contribution in [0.3, 0.4) is 0 Å². The zero-order valence-electron chi connectivity index (χ0n) is 19.3. The smallest absolute Gasteiger partial charge is 0.153 e. The molecule has 1 aliphatic rings. The van der Waals surface area contributed by atoms with Gasteiger partial charge in [0.15, 0.2) is 11.5 Å². The Morgan fingerprint density at radius 1 is 0.500 bits per heavy atom. The molecule has 168 valence electrons. The maximum absolute atomic E-state index is 6.19. The van der Waals surface area contributed by atoms with Crippen LogP contribution < -0.4 is 4.74 Å². The average molecular weight is 461 g/mol. The normalized spacial score (nSPS) is 12.1. The summed E-state index contributed by atoms with van der Waals surface area (Å²) >= 11 is 0. The van der Waals surface area contributed by atoms with Crippen LogP contribution in [0.4, 0.5) is 0 Å². The maximum Gasteiger partial charge on any atom is 0.153 e. The topological polar surface area (TPSA) is 27.1 Å². The van der Waals surface area contributed by atoms with Crippen molar-refractivity contribution in [2.24, 2.45) is 0 Å². The summed E-state index contributed by atoms with van der Waals surface area (Å²) in [6.45, 7) is 0. The molecule has 8 rings (SSSR count). The summed E-state index contributed by atoms with van der Waals surface area (Å²) in [5.74, 6) is 2.61. The molecule has 3 nitrogen and oxygen atoms in total. The van der Waals surface area contributed by atoms with E-state index in [-0.39, 0.29) is 0 Å². The molecule has 0 aliphatic carbocycles. The van der Waals surface area contributed by atoms with Crippen molar-refractivity contribution in [3.63, 3.8) is 0 Å². The van der Waals surface area contributed by atoms with E-state index in [1.165, 1.54) is 32.7 Å². The second kappa shape index (κ2) is 7.30. The van der Waals surface area contributed by atoms with Gasteiger partial charge in [-0.1, -0.05) is 78.9 Å². The molecule has 0 saturated heterocycles. The Morgan fingerprint density at radius 2 is 1.11 bits per heavy atom. The Balaban J connectivity index is 1.28. The van der Waals surface area contributed by atoms with Crippen LogP contribution in [-0.2, 0) is 0 Å². The van der Waals surface area contributed by atoms with Crippen molar-refractivity contribution >= 4 is 32.6 Å². The van der Waals surface area contributed by atoms with Crippen molar-refractivity contribution < 1.29 is 4.74 Å². The summed E-state index contributed by atoms with van der Waals surface area (Å²) in [6, 6.07) is 42.7. The SMILES string of the molecule is c1ccc2c(c1)Oc1cccc3nc(-c4ccc5cc(-c6ccc7ccccc7c6)ccc5c4)n-2c13. The van der Waals surface area contributed by atoms with Gasteiger partial charge in [0, 0.05) is 5.56 Å². The maximum atomic E-state index is 6.19. The number of hydrogen-bond donors (Lipinski definition) is 0. The van der Waals surface area contributed by atoms with Crippen LogP contribution in [0.15, 0.2) is 121 Å². The number of hydrogen-bond acceptors (Lipinski definition) is 2. The highest BCUT2D eigenvalue weighted by Crippen LogP contribution is 2.43. The largest absolute Gasteiger partial charge is 0.453 e. The molecule has 0 atom stereocenters. The quantitative estimate of drug-likeness (QED) is 0.258. The third kappa shape index (κ3) is 2.83. The summed E-state index contributed by atoms with van der Waals surface area (Å²) in [6.07, 6.45) is 0. The molecular formula is C33H20N2O. The molecule has 6 aromatic carbocycles. The molecule has 0 bridgehead atoms. The van der Waals surface area contributed by atoms with Gasteiger partial charge in [0.2, 0.25) is 0 Å². The van der Waals surface area contributed by atoms with Gasteiger partial charge in [-0.05, 0) is 75.1 Å². The lowest BCUT2D eigenvalue weighted by Crippen LogP contribution is -2.05. The Hall–Kier alpha value is -4.89. The van der Waals surface area contributed by atoms with E-state index in [9.17, 15) is 0 Å². The lowest BCUT2D eigenvalue weighted by Gasteiger charge is -2.20. The van der Waals surface area contributed by atoms with Crippen molar-refractivity contribution in [1.82, 2.24) is 9.55 Å². The number of fused-ring (bicyclic) bond motifs is 4. The molecule has 0 spiro atoms. The molecule has 2 heterocycles. The first kappa shape index (κ1) is 19.4. The van der Waals surface area contributed by atoms with Gasteiger partial charge in [0.05, 0.1) is 11.2 Å². The third-order valence-electron chi connectivity index (χ3n) is 7.15. The highest BCUT2D eigenvalue weighted by Gasteiger charge is 2.24. The molecule has 1 aromatic heterocycles. The predicted molar refractivity (Wildman–Crippen MR) is 147 cm³/mol. The van der Waals surface area contributed by atoms with Crippen molar-refractivity contribution in [2.75, 3.05) is 0 Å². The highest BCUT2D eigenvalue weighted by molar-refractivity contribution is 5.95. The van der Waals surface area contributed by atoms with Crippen LogP contribution in [0.1, 0.15) is 0 Å². The van der Waals surface area contributed by atoms with Crippen LogP contribution in [-0.4, -0.2) is 9.55 Å². The second-order valence-corrected chi connectivity index (χ2v) is 9.30. The number of rotatable bonds is 2. The van der Waals surface area contributed by atoms with E-state index in [1.54, 1.807) is 0 Å². The van der Waals surface area contributed by atoms with Gasteiger partial charge in [0.1, 0.15) is 11.3 Å². The fourth-order valence-electron chi connectivity index (χ4n) is 5.39. The Bertz CT molecular complexity index is 1980. The summed E-state index contributed by atoms with van der Waals surface area (Å²) in [4.78, 5) is 5.04. The highest BCUT2D eigenvalue weighted by atomic mass is 16.5. The van der Waals surface area contributed by atoms with Crippen molar-refractivity contribution in [2.45, 2.75) is 0 Å². The molecule has 0 N–H and O–H groups in total. The van der Waals surface area contributed by atoms with E-state index in [0.717, 1.165) is 39.6 Å². The van der Waals surface area contributed by atoms with E-state index >= 15 is 0 Å². The molecule has 1 aliphatic heterocycles. The first-order chi connectivity index (χ1) is 17.8. The standard InChI is InChI=1S/C33H20N2O/c1-2-7-22-18-23(13-12-21(22)6-1)24-14-15-26-20-27(17-16-25(26)19-24)33-34-28-8-5-11-31-32(28)35(33)29-9-3-4-10-30(29)36-31/h1-20H. The number of ether oxygens (including phenoxy) is 1. The molecule has 7 aromatic rings. The fourth-order valence-corrected chi connectivity index (χ4v) is 5.39. The molecule has 3 heteroatoms. The van der Waals surface area contributed by atoms with E-state index < -0.39 is 0 Å². The van der Waals surface area contributed by atoms with Crippen molar-refractivity contribution in [1.29, 1.82) is 0 Å². The van der Waals surface area contributed by atoms with Crippen LogP contribution in [0.25, 0.3) is 60.8 Å². The third-order valence-corrected chi connectivity index (χ3v) is 7.15. The Morgan fingerprint density at radius 3 is 1.94 bits per heavy atom. The Labute approximate surface area is 207 Å². The number of aromatic nitrogens is 2. The molecule has 0 fully saturated rings. The Kier molecular flexibility index (Phi) is 3.94. The minimum atomic E-state index is 0.839. The zero-order chi connectivity index (χ0) is 23.6. The number of benzene rings is 6. The van der Waals surface area contributed by atoms with E-state index in [4.69, 9.17) is 9.72 Å². The first-order valence-corrected chi connectivity index (χ1v) is 12.1. The summed E-state index contributed by atoms with van der Waals surface area (Å²) in [7, 11) is 0. The average Bonchev–Trinajstić information content (AvgIpc) is 3.33.